The van der Waals surface area contributed by atoms with Gasteiger partial charge in [-0.3, -0.25) is 4.79 Å². The van der Waals surface area contributed by atoms with Crippen LogP contribution in [0.1, 0.15) is 24.8 Å². The Morgan fingerprint density at radius 3 is 2.59 bits per heavy atom. The topological polar surface area (TPSA) is 82.4 Å². The van der Waals surface area contributed by atoms with Crippen molar-refractivity contribution in [2.45, 2.75) is 31.4 Å². The average molecular weight is 301 g/mol. The largest absolute Gasteiger partial charge is 0.445 e. The summed E-state index contributed by atoms with van der Waals surface area (Å²) in [6, 6.07) is 11.5. The van der Waals surface area contributed by atoms with Gasteiger partial charge in [-0.2, -0.15) is 5.26 Å². The zero-order valence-electron chi connectivity index (χ0n) is 12.5. The summed E-state index contributed by atoms with van der Waals surface area (Å²) in [5, 5.41) is 11.6. The minimum atomic E-state index is -0.702. The van der Waals surface area contributed by atoms with Crippen LogP contribution in [0, 0.1) is 11.3 Å². The SMILES string of the molecule is CN(C(=O)CNC(=O)OCc1ccccc1)C1(C#N)CCC1. The molecule has 1 saturated carbocycles. The molecule has 1 N–H and O–H groups in total. The minimum absolute atomic E-state index is 0.152. The van der Waals surface area contributed by atoms with Gasteiger partial charge in [0.05, 0.1) is 6.07 Å². The Kier molecular flexibility index (Phi) is 4.99. The van der Waals surface area contributed by atoms with Crippen molar-refractivity contribution in [3.8, 4) is 6.07 Å². The Bertz CT molecular complexity index is 576. The molecule has 1 aromatic rings. The van der Waals surface area contributed by atoms with E-state index < -0.39 is 11.6 Å². The van der Waals surface area contributed by atoms with Crippen molar-refractivity contribution >= 4 is 12.0 Å². The first kappa shape index (κ1) is 15.8. The molecular formula is C16H19N3O3. The molecule has 6 heteroatoms. The van der Waals surface area contributed by atoms with Crippen molar-refractivity contribution in [2.24, 2.45) is 0 Å². The highest BCUT2D eigenvalue weighted by molar-refractivity contribution is 5.83. The lowest BCUT2D eigenvalue weighted by molar-refractivity contribution is -0.135. The number of carbonyl (C=O) groups excluding carboxylic acids is 2. The number of hydrogen-bond donors (Lipinski definition) is 1. The molecule has 0 saturated heterocycles. The maximum absolute atomic E-state index is 12.0. The number of benzene rings is 1. The molecule has 0 spiro atoms. The predicted molar refractivity (Wildman–Crippen MR) is 79.6 cm³/mol. The molecule has 1 aliphatic rings. The second-order valence-corrected chi connectivity index (χ2v) is 5.36. The lowest BCUT2D eigenvalue weighted by Crippen LogP contribution is -2.55. The minimum Gasteiger partial charge on any atom is -0.445 e. The molecule has 1 aromatic carbocycles. The lowest BCUT2D eigenvalue weighted by Gasteiger charge is -2.42. The number of likely N-dealkylation sites (N-methyl/N-ethyl adjacent to an activating group) is 1. The molecule has 0 aliphatic heterocycles. The molecule has 0 bridgehead atoms. The third kappa shape index (κ3) is 3.55. The van der Waals surface area contributed by atoms with Crippen LogP contribution in [-0.4, -0.2) is 36.0 Å². The van der Waals surface area contributed by atoms with Gasteiger partial charge in [-0.05, 0) is 24.8 Å². The van der Waals surface area contributed by atoms with E-state index in [9.17, 15) is 14.9 Å². The summed E-state index contributed by atoms with van der Waals surface area (Å²) < 4.78 is 5.02. The fourth-order valence-corrected chi connectivity index (χ4v) is 2.31. The molecule has 0 unspecified atom stereocenters. The summed E-state index contributed by atoms with van der Waals surface area (Å²) in [6.07, 6.45) is 1.66. The summed E-state index contributed by atoms with van der Waals surface area (Å²) >= 11 is 0. The van der Waals surface area contributed by atoms with E-state index in [0.717, 1.165) is 12.0 Å². The van der Waals surface area contributed by atoms with Gasteiger partial charge in [-0.25, -0.2) is 4.79 Å². The molecule has 0 radical (unpaired) electrons. The molecular weight excluding hydrogens is 282 g/mol. The number of nitriles is 1. The Balaban J connectivity index is 1.74. The molecule has 0 heterocycles. The smallest absolute Gasteiger partial charge is 0.407 e. The summed E-state index contributed by atoms with van der Waals surface area (Å²) in [4.78, 5) is 25.0. The van der Waals surface area contributed by atoms with E-state index >= 15 is 0 Å². The van der Waals surface area contributed by atoms with E-state index in [2.05, 4.69) is 11.4 Å². The van der Waals surface area contributed by atoms with Gasteiger partial charge in [0.1, 0.15) is 18.7 Å². The van der Waals surface area contributed by atoms with Crippen LogP contribution in [0.15, 0.2) is 30.3 Å². The quantitative estimate of drug-likeness (QED) is 0.899. The lowest BCUT2D eigenvalue weighted by atomic mass is 9.77. The van der Waals surface area contributed by atoms with Crippen molar-refractivity contribution in [2.75, 3.05) is 13.6 Å². The number of hydrogen-bond acceptors (Lipinski definition) is 4. The number of ether oxygens (including phenoxy) is 1. The van der Waals surface area contributed by atoms with E-state index in [1.807, 2.05) is 30.3 Å². The first-order chi connectivity index (χ1) is 10.6. The molecule has 1 aliphatic carbocycles. The number of amides is 2. The molecule has 0 aromatic heterocycles. The van der Waals surface area contributed by atoms with Crippen LogP contribution in [0.4, 0.5) is 4.79 Å². The molecule has 22 heavy (non-hydrogen) atoms. The van der Waals surface area contributed by atoms with Crippen LogP contribution in [-0.2, 0) is 16.1 Å². The van der Waals surface area contributed by atoms with Crippen molar-refractivity contribution in [3.63, 3.8) is 0 Å². The first-order valence-corrected chi connectivity index (χ1v) is 7.20. The maximum atomic E-state index is 12.0. The standard InChI is InChI=1S/C16H19N3O3/c1-19(16(12-17)8-5-9-16)14(20)10-18-15(21)22-11-13-6-3-2-4-7-13/h2-4,6-7H,5,8-11H2,1H3,(H,18,21). The zero-order valence-corrected chi connectivity index (χ0v) is 12.5. The van der Waals surface area contributed by atoms with E-state index in [4.69, 9.17) is 4.74 Å². The van der Waals surface area contributed by atoms with Gasteiger partial charge >= 0.3 is 6.09 Å². The van der Waals surface area contributed by atoms with Gasteiger partial charge in [0, 0.05) is 7.05 Å². The zero-order chi connectivity index (χ0) is 16.0. The Hall–Kier alpha value is -2.55. The van der Waals surface area contributed by atoms with Gasteiger partial charge in [0.15, 0.2) is 0 Å². The van der Waals surface area contributed by atoms with Gasteiger partial charge in [-0.15, -0.1) is 0 Å². The van der Waals surface area contributed by atoms with Gasteiger partial charge in [0.25, 0.3) is 0 Å². The fraction of sp³-hybridized carbons (Fsp3) is 0.438. The molecule has 2 amide bonds. The number of carbonyl (C=O) groups is 2. The monoisotopic (exact) mass is 301 g/mol. The van der Waals surface area contributed by atoms with E-state index in [-0.39, 0.29) is 19.1 Å². The fourth-order valence-electron chi connectivity index (χ4n) is 2.31. The number of nitrogens with one attached hydrogen (secondary N) is 1. The number of rotatable bonds is 5. The van der Waals surface area contributed by atoms with Crippen LogP contribution in [0.3, 0.4) is 0 Å². The van der Waals surface area contributed by atoms with Crippen LogP contribution >= 0.6 is 0 Å². The summed E-state index contributed by atoms with van der Waals surface area (Å²) in [5.41, 5.74) is 0.172. The average Bonchev–Trinajstić information content (AvgIpc) is 2.51. The second-order valence-electron chi connectivity index (χ2n) is 5.36. The van der Waals surface area contributed by atoms with Gasteiger partial charge in [-0.1, -0.05) is 30.3 Å². The van der Waals surface area contributed by atoms with Gasteiger partial charge in [0.2, 0.25) is 5.91 Å². The molecule has 0 atom stereocenters. The van der Waals surface area contributed by atoms with Crippen molar-refractivity contribution in [1.29, 1.82) is 5.26 Å². The first-order valence-electron chi connectivity index (χ1n) is 7.20. The Morgan fingerprint density at radius 1 is 1.36 bits per heavy atom. The molecule has 1 fully saturated rings. The van der Waals surface area contributed by atoms with Crippen molar-refractivity contribution < 1.29 is 14.3 Å². The molecule has 2 rings (SSSR count). The van der Waals surface area contributed by atoms with Gasteiger partial charge < -0.3 is 15.0 Å². The summed E-state index contributed by atoms with van der Waals surface area (Å²) in [6.45, 7) is -0.0214. The number of alkyl carbamates (subject to hydrolysis) is 1. The maximum Gasteiger partial charge on any atom is 0.407 e. The highest BCUT2D eigenvalue weighted by Crippen LogP contribution is 2.36. The van der Waals surface area contributed by atoms with Crippen LogP contribution in [0.25, 0.3) is 0 Å². The second kappa shape index (κ2) is 6.94. The Morgan fingerprint density at radius 2 is 2.05 bits per heavy atom. The summed E-state index contributed by atoms with van der Waals surface area (Å²) in [7, 11) is 1.60. The van der Waals surface area contributed by atoms with E-state index in [1.165, 1.54) is 4.90 Å². The van der Waals surface area contributed by atoms with Crippen molar-refractivity contribution in [1.82, 2.24) is 10.2 Å². The summed E-state index contributed by atoms with van der Waals surface area (Å²) in [5.74, 6) is -0.294. The normalized spacial score (nSPS) is 15.1. The number of nitrogens with zero attached hydrogens (tertiary/aromatic N) is 2. The van der Waals surface area contributed by atoms with Crippen LogP contribution < -0.4 is 5.32 Å². The van der Waals surface area contributed by atoms with Crippen LogP contribution in [0.5, 0.6) is 0 Å². The van der Waals surface area contributed by atoms with Crippen molar-refractivity contribution in [3.05, 3.63) is 35.9 Å². The van der Waals surface area contributed by atoms with E-state index in [1.54, 1.807) is 7.05 Å². The third-order valence-electron chi connectivity index (χ3n) is 4.00. The highest BCUT2D eigenvalue weighted by atomic mass is 16.5. The molecule has 6 nitrogen and oxygen atoms in total. The Labute approximate surface area is 129 Å². The highest BCUT2D eigenvalue weighted by Gasteiger charge is 2.43. The third-order valence-corrected chi connectivity index (χ3v) is 4.00. The van der Waals surface area contributed by atoms with E-state index in [0.29, 0.717) is 12.8 Å². The molecule has 116 valence electrons. The predicted octanol–water partition coefficient (Wildman–Crippen LogP) is 1.82. The van der Waals surface area contributed by atoms with Crippen LogP contribution in [0.2, 0.25) is 0 Å².